The zero-order valence-electron chi connectivity index (χ0n) is 14.6. The quantitative estimate of drug-likeness (QED) is 0.531. The van der Waals surface area contributed by atoms with E-state index >= 15 is 0 Å². The summed E-state index contributed by atoms with van der Waals surface area (Å²) < 4.78 is 0. The largest absolute Gasteiger partial charge is 0.480 e. The molecule has 0 aliphatic carbocycles. The third-order valence-corrected chi connectivity index (χ3v) is 4.36. The lowest BCUT2D eigenvalue weighted by atomic mass is 9.99. The maximum atomic E-state index is 11.9. The van der Waals surface area contributed by atoms with Crippen LogP contribution in [-0.2, 0) is 14.4 Å². The van der Waals surface area contributed by atoms with E-state index in [0.717, 1.165) is 5.56 Å². The van der Waals surface area contributed by atoms with Crippen LogP contribution in [0.3, 0.4) is 0 Å². The second-order valence-corrected chi connectivity index (χ2v) is 6.23. The van der Waals surface area contributed by atoms with Gasteiger partial charge < -0.3 is 15.7 Å². The van der Waals surface area contributed by atoms with Gasteiger partial charge in [-0.15, -0.1) is 0 Å². The third-order valence-electron chi connectivity index (χ3n) is 3.95. The molecule has 0 radical (unpaired) electrons. The molecule has 0 aromatic heterocycles. The molecule has 1 aromatic carbocycles. The van der Waals surface area contributed by atoms with Crippen LogP contribution < -0.4 is 16.0 Å². The number of amides is 2. The number of halogens is 1. The Balaban J connectivity index is 2.44. The first-order chi connectivity index (χ1) is 11.8. The van der Waals surface area contributed by atoms with Crippen LogP contribution in [0.5, 0.6) is 0 Å². The first-order valence-electron chi connectivity index (χ1n) is 8.04. The molecule has 0 bridgehead atoms. The molecule has 1 rings (SSSR count). The van der Waals surface area contributed by atoms with Crippen molar-refractivity contribution >= 4 is 35.1 Å². The molecule has 25 heavy (non-hydrogen) atoms. The molecule has 0 unspecified atom stereocenters. The van der Waals surface area contributed by atoms with Gasteiger partial charge in [0.05, 0.1) is 13.1 Å². The van der Waals surface area contributed by atoms with Crippen LogP contribution >= 0.6 is 11.6 Å². The third kappa shape index (κ3) is 6.72. The number of carboxylic acid groups (broad SMARTS) is 1. The van der Waals surface area contributed by atoms with E-state index in [4.69, 9.17) is 16.7 Å². The number of hydrogen-bond acceptors (Lipinski definition) is 4. The summed E-state index contributed by atoms with van der Waals surface area (Å²) in [6.07, 6.45) is 0.674. The smallest absolute Gasteiger partial charge is 0.320 e. The van der Waals surface area contributed by atoms with Crippen molar-refractivity contribution in [2.24, 2.45) is 5.92 Å². The molecule has 138 valence electrons. The van der Waals surface area contributed by atoms with Gasteiger partial charge in [0.15, 0.2) is 0 Å². The summed E-state index contributed by atoms with van der Waals surface area (Å²) in [6.45, 7) is 5.06. The minimum Gasteiger partial charge on any atom is -0.480 e. The first-order valence-corrected chi connectivity index (χ1v) is 8.41. The molecule has 0 aliphatic rings. The summed E-state index contributed by atoms with van der Waals surface area (Å²) in [5.41, 5.74) is 1.32. The normalized spacial score (nSPS) is 13.0. The van der Waals surface area contributed by atoms with Crippen molar-refractivity contribution in [3.05, 3.63) is 28.8 Å². The number of benzene rings is 1. The van der Waals surface area contributed by atoms with Gasteiger partial charge in [-0.05, 0) is 30.5 Å². The summed E-state index contributed by atoms with van der Waals surface area (Å²) >= 11 is 5.98. The molecular weight excluding hydrogens is 346 g/mol. The monoisotopic (exact) mass is 369 g/mol. The van der Waals surface area contributed by atoms with Crippen LogP contribution in [-0.4, -0.2) is 42.0 Å². The maximum Gasteiger partial charge on any atom is 0.320 e. The van der Waals surface area contributed by atoms with Gasteiger partial charge in [-0.25, -0.2) is 0 Å². The standard InChI is InChI=1S/C17H24ClN3O4/c1-4-10(2)16(17(24)25)20-8-14(22)19-9-15(23)21-13-7-5-6-12(18)11(13)3/h5-7,10,16,20H,4,8-9H2,1-3H3,(H,19,22)(H,21,23)(H,24,25)/t10-,16-/m0/s1. The van der Waals surface area contributed by atoms with Crippen molar-refractivity contribution < 1.29 is 19.5 Å². The van der Waals surface area contributed by atoms with Gasteiger partial charge in [0, 0.05) is 10.7 Å². The topological polar surface area (TPSA) is 108 Å². The lowest BCUT2D eigenvalue weighted by Crippen LogP contribution is -2.47. The number of carbonyl (C=O) groups excluding carboxylic acids is 2. The Labute approximate surface area is 152 Å². The summed E-state index contributed by atoms with van der Waals surface area (Å²) in [5.74, 6) is -1.96. The van der Waals surface area contributed by atoms with Crippen molar-refractivity contribution in [3.63, 3.8) is 0 Å². The van der Waals surface area contributed by atoms with Crippen LogP contribution in [0.2, 0.25) is 5.02 Å². The zero-order valence-corrected chi connectivity index (χ0v) is 15.3. The van der Waals surface area contributed by atoms with Crippen LogP contribution in [0.25, 0.3) is 0 Å². The molecule has 0 aliphatic heterocycles. The second-order valence-electron chi connectivity index (χ2n) is 5.82. The molecular formula is C17H24ClN3O4. The molecule has 0 saturated carbocycles. The average molecular weight is 370 g/mol. The van der Waals surface area contributed by atoms with Crippen molar-refractivity contribution in [1.29, 1.82) is 0 Å². The molecule has 1 aromatic rings. The molecule has 0 fully saturated rings. The predicted molar refractivity (Wildman–Crippen MR) is 96.7 cm³/mol. The van der Waals surface area contributed by atoms with Crippen molar-refractivity contribution in [2.75, 3.05) is 18.4 Å². The number of nitrogens with one attached hydrogen (secondary N) is 3. The Morgan fingerprint density at radius 3 is 2.48 bits per heavy atom. The van der Waals surface area contributed by atoms with E-state index in [2.05, 4.69) is 16.0 Å². The lowest BCUT2D eigenvalue weighted by molar-refractivity contribution is -0.141. The van der Waals surface area contributed by atoms with E-state index in [1.54, 1.807) is 32.0 Å². The van der Waals surface area contributed by atoms with Gasteiger partial charge in [0.25, 0.3) is 0 Å². The number of anilines is 1. The minimum atomic E-state index is -1.00. The molecule has 0 spiro atoms. The summed E-state index contributed by atoms with van der Waals surface area (Å²) in [7, 11) is 0. The minimum absolute atomic E-state index is 0.112. The van der Waals surface area contributed by atoms with Gasteiger partial charge in [0.1, 0.15) is 6.04 Å². The fraction of sp³-hybridized carbons (Fsp3) is 0.471. The Bertz CT molecular complexity index is 636. The second kappa shape index (κ2) is 10.0. The van der Waals surface area contributed by atoms with Crippen molar-refractivity contribution in [3.8, 4) is 0 Å². The van der Waals surface area contributed by atoms with Crippen molar-refractivity contribution in [2.45, 2.75) is 33.2 Å². The van der Waals surface area contributed by atoms with Gasteiger partial charge >= 0.3 is 5.97 Å². The van der Waals surface area contributed by atoms with E-state index in [0.29, 0.717) is 17.1 Å². The number of aliphatic carboxylic acids is 1. The molecule has 2 amide bonds. The van der Waals surface area contributed by atoms with Crippen LogP contribution in [0.4, 0.5) is 5.69 Å². The van der Waals surface area contributed by atoms with E-state index in [1.165, 1.54) is 0 Å². The lowest BCUT2D eigenvalue weighted by Gasteiger charge is -2.19. The van der Waals surface area contributed by atoms with Gasteiger partial charge in [0.2, 0.25) is 11.8 Å². The van der Waals surface area contributed by atoms with Gasteiger partial charge in [-0.2, -0.15) is 0 Å². The van der Waals surface area contributed by atoms with Gasteiger partial charge in [-0.3, -0.25) is 19.7 Å². The van der Waals surface area contributed by atoms with Gasteiger partial charge in [-0.1, -0.05) is 37.9 Å². The predicted octanol–water partition coefficient (Wildman–Crippen LogP) is 1.79. The highest BCUT2D eigenvalue weighted by molar-refractivity contribution is 6.31. The van der Waals surface area contributed by atoms with Crippen LogP contribution in [0.1, 0.15) is 25.8 Å². The fourth-order valence-corrected chi connectivity index (χ4v) is 2.32. The maximum absolute atomic E-state index is 11.9. The molecule has 0 saturated heterocycles. The molecule has 4 N–H and O–H groups in total. The summed E-state index contributed by atoms with van der Waals surface area (Å²) in [6, 6.07) is 4.34. The highest BCUT2D eigenvalue weighted by Crippen LogP contribution is 2.22. The number of carbonyl (C=O) groups is 3. The van der Waals surface area contributed by atoms with Crippen LogP contribution in [0, 0.1) is 12.8 Å². The highest BCUT2D eigenvalue weighted by Gasteiger charge is 2.23. The molecule has 0 heterocycles. The summed E-state index contributed by atoms with van der Waals surface area (Å²) in [4.78, 5) is 34.9. The van der Waals surface area contributed by atoms with Crippen molar-refractivity contribution in [1.82, 2.24) is 10.6 Å². The molecule has 2 atom stereocenters. The zero-order chi connectivity index (χ0) is 19.0. The number of carboxylic acids is 1. The Kier molecular flexibility index (Phi) is 8.37. The number of rotatable bonds is 9. The molecule has 8 heteroatoms. The molecule has 7 nitrogen and oxygen atoms in total. The average Bonchev–Trinajstić information content (AvgIpc) is 2.56. The Morgan fingerprint density at radius 2 is 1.88 bits per heavy atom. The summed E-state index contributed by atoms with van der Waals surface area (Å²) in [5, 5.41) is 17.5. The highest BCUT2D eigenvalue weighted by atomic mass is 35.5. The fourth-order valence-electron chi connectivity index (χ4n) is 2.15. The van der Waals surface area contributed by atoms with E-state index in [9.17, 15) is 14.4 Å². The SMILES string of the molecule is CC[C@H](C)[C@H](NCC(=O)NCC(=O)Nc1cccc(Cl)c1C)C(=O)O. The first kappa shape index (κ1) is 20.9. The Morgan fingerprint density at radius 1 is 1.20 bits per heavy atom. The Hall–Kier alpha value is -2.12. The number of hydrogen-bond donors (Lipinski definition) is 4. The van der Waals surface area contributed by atoms with E-state index in [1.807, 2.05) is 6.92 Å². The van der Waals surface area contributed by atoms with E-state index < -0.39 is 23.8 Å². The van der Waals surface area contributed by atoms with E-state index in [-0.39, 0.29) is 19.0 Å². The van der Waals surface area contributed by atoms with Crippen LogP contribution in [0.15, 0.2) is 18.2 Å².